The van der Waals surface area contributed by atoms with Gasteiger partial charge in [-0.1, -0.05) is 13.0 Å². The van der Waals surface area contributed by atoms with E-state index in [2.05, 4.69) is 19.1 Å². The van der Waals surface area contributed by atoms with Crippen molar-refractivity contribution in [1.82, 2.24) is 0 Å². The fourth-order valence-corrected chi connectivity index (χ4v) is 3.67. The van der Waals surface area contributed by atoms with Crippen molar-refractivity contribution in [3.63, 3.8) is 0 Å². The summed E-state index contributed by atoms with van der Waals surface area (Å²) < 4.78 is 5.71. The number of benzene rings is 1. The van der Waals surface area contributed by atoms with Crippen molar-refractivity contribution in [2.45, 2.75) is 51.5 Å². The number of hydrogen-bond donors (Lipinski definition) is 1. The quantitative estimate of drug-likeness (QED) is 0.920. The molecule has 3 rings (SSSR count). The summed E-state index contributed by atoms with van der Waals surface area (Å²) in [7, 11) is 0. The molecule has 0 bridgehead atoms. The van der Waals surface area contributed by atoms with Crippen molar-refractivity contribution in [2.75, 3.05) is 6.61 Å². The third kappa shape index (κ3) is 2.24. The zero-order valence-electron chi connectivity index (χ0n) is 12.2. The molecule has 0 radical (unpaired) electrons. The van der Waals surface area contributed by atoms with Crippen LogP contribution >= 0.6 is 0 Å². The average molecular weight is 273 g/mol. The molecule has 1 saturated carbocycles. The first-order chi connectivity index (χ1) is 9.64. The number of carbonyl (C=O) groups excluding carboxylic acids is 1. The van der Waals surface area contributed by atoms with Crippen LogP contribution in [0.15, 0.2) is 18.2 Å². The Morgan fingerprint density at radius 2 is 2.10 bits per heavy atom. The number of hydrogen-bond acceptors (Lipinski definition) is 3. The third-order valence-corrected chi connectivity index (χ3v) is 4.93. The molecule has 0 saturated heterocycles. The second-order valence-corrected chi connectivity index (χ2v) is 6.26. The zero-order chi connectivity index (χ0) is 14.2. The van der Waals surface area contributed by atoms with E-state index in [0.717, 1.165) is 38.0 Å². The van der Waals surface area contributed by atoms with Crippen LogP contribution in [0.1, 0.15) is 56.2 Å². The van der Waals surface area contributed by atoms with Gasteiger partial charge in [-0.05, 0) is 54.4 Å². The van der Waals surface area contributed by atoms with Crippen LogP contribution in [0.5, 0.6) is 5.75 Å². The van der Waals surface area contributed by atoms with Gasteiger partial charge in [-0.25, -0.2) is 0 Å². The van der Waals surface area contributed by atoms with Crippen molar-refractivity contribution in [2.24, 2.45) is 11.1 Å². The van der Waals surface area contributed by atoms with E-state index in [0.29, 0.717) is 18.6 Å². The lowest BCUT2D eigenvalue weighted by atomic mass is 9.69. The number of fused-ring (bicyclic) bond motifs is 1. The van der Waals surface area contributed by atoms with Crippen LogP contribution in [-0.4, -0.2) is 12.4 Å². The minimum Gasteiger partial charge on any atom is -0.494 e. The molecule has 1 spiro atoms. The second-order valence-electron chi connectivity index (χ2n) is 6.26. The van der Waals surface area contributed by atoms with Gasteiger partial charge in [-0.2, -0.15) is 0 Å². The Morgan fingerprint density at radius 3 is 2.80 bits per heavy atom. The van der Waals surface area contributed by atoms with E-state index in [1.165, 1.54) is 11.1 Å². The number of carbonyl (C=O) groups is 1. The van der Waals surface area contributed by atoms with Crippen LogP contribution in [0, 0.1) is 5.41 Å². The lowest BCUT2D eigenvalue weighted by Crippen LogP contribution is -2.35. The highest BCUT2D eigenvalue weighted by Gasteiger charge is 2.45. The van der Waals surface area contributed by atoms with E-state index in [-0.39, 0.29) is 11.5 Å². The highest BCUT2D eigenvalue weighted by Crippen LogP contribution is 2.52. The fraction of sp³-hybridized carbons (Fsp3) is 0.588. The smallest absolute Gasteiger partial charge is 0.132 e. The van der Waals surface area contributed by atoms with Gasteiger partial charge < -0.3 is 10.5 Å². The first kappa shape index (κ1) is 13.6. The van der Waals surface area contributed by atoms with Crippen molar-refractivity contribution >= 4 is 5.78 Å². The molecule has 1 fully saturated rings. The van der Waals surface area contributed by atoms with E-state index < -0.39 is 0 Å². The minimum atomic E-state index is 0.0516. The monoisotopic (exact) mass is 273 g/mol. The summed E-state index contributed by atoms with van der Waals surface area (Å²) in [6.45, 7) is 2.85. The molecule has 0 aliphatic heterocycles. The van der Waals surface area contributed by atoms with Crippen LogP contribution < -0.4 is 10.5 Å². The van der Waals surface area contributed by atoms with Gasteiger partial charge in [-0.15, -0.1) is 0 Å². The molecule has 2 aliphatic carbocycles. The maximum atomic E-state index is 11.5. The molecule has 1 atom stereocenters. The Balaban J connectivity index is 1.83. The summed E-state index contributed by atoms with van der Waals surface area (Å²) in [6, 6.07) is 6.37. The molecular formula is C17H23NO2. The van der Waals surface area contributed by atoms with Crippen molar-refractivity contribution in [3.05, 3.63) is 29.3 Å². The molecule has 20 heavy (non-hydrogen) atoms. The van der Waals surface area contributed by atoms with Crippen molar-refractivity contribution in [1.29, 1.82) is 0 Å². The first-order valence-electron chi connectivity index (χ1n) is 7.67. The standard InChI is InChI=1S/C17H23NO2/c1-2-9-20-14-4-3-12-11-17(16(18)15(12)10-14)7-5-13(19)6-8-17/h3-4,10,16H,2,5-9,11,18H2,1H3. The Morgan fingerprint density at radius 1 is 1.35 bits per heavy atom. The lowest BCUT2D eigenvalue weighted by Gasteiger charge is -2.36. The van der Waals surface area contributed by atoms with E-state index in [1.54, 1.807) is 0 Å². The van der Waals surface area contributed by atoms with Gasteiger partial charge in [0, 0.05) is 18.9 Å². The van der Waals surface area contributed by atoms with Crippen molar-refractivity contribution in [3.8, 4) is 5.75 Å². The molecule has 1 aromatic carbocycles. The van der Waals surface area contributed by atoms with E-state index in [1.807, 2.05) is 6.07 Å². The molecule has 2 N–H and O–H groups in total. The Labute approximate surface area is 120 Å². The minimum absolute atomic E-state index is 0.0516. The van der Waals surface area contributed by atoms with Crippen LogP contribution in [-0.2, 0) is 11.2 Å². The van der Waals surface area contributed by atoms with Gasteiger partial charge in [0.25, 0.3) is 0 Å². The highest BCUT2D eigenvalue weighted by molar-refractivity contribution is 5.79. The molecule has 0 aromatic heterocycles. The van der Waals surface area contributed by atoms with Crippen LogP contribution in [0.4, 0.5) is 0 Å². The largest absolute Gasteiger partial charge is 0.494 e. The predicted octanol–water partition coefficient (Wildman–Crippen LogP) is 3.16. The van der Waals surface area contributed by atoms with E-state index in [4.69, 9.17) is 10.5 Å². The predicted molar refractivity (Wildman–Crippen MR) is 78.8 cm³/mol. The summed E-state index contributed by atoms with van der Waals surface area (Å²) in [5.41, 5.74) is 9.22. The summed E-state index contributed by atoms with van der Waals surface area (Å²) in [5.74, 6) is 1.32. The van der Waals surface area contributed by atoms with Crippen LogP contribution in [0.2, 0.25) is 0 Å². The average Bonchev–Trinajstić information content (AvgIpc) is 2.73. The SMILES string of the molecule is CCCOc1ccc2c(c1)C(N)C1(CCC(=O)CC1)C2. The third-order valence-electron chi connectivity index (χ3n) is 4.93. The summed E-state index contributed by atoms with van der Waals surface area (Å²) in [6.07, 6.45) is 5.29. The van der Waals surface area contributed by atoms with Gasteiger partial charge in [-0.3, -0.25) is 4.79 Å². The summed E-state index contributed by atoms with van der Waals surface area (Å²) in [4.78, 5) is 11.5. The number of Topliss-reactive ketones (excluding diaryl/α,β-unsaturated/α-hetero) is 1. The maximum Gasteiger partial charge on any atom is 0.132 e. The molecule has 0 heterocycles. The molecule has 1 unspecified atom stereocenters. The molecule has 1 aromatic rings. The molecule has 108 valence electrons. The Bertz CT molecular complexity index is 514. The maximum absolute atomic E-state index is 11.5. The fourth-order valence-electron chi connectivity index (χ4n) is 3.67. The van der Waals surface area contributed by atoms with Gasteiger partial charge in [0.1, 0.15) is 11.5 Å². The number of ketones is 1. The van der Waals surface area contributed by atoms with Gasteiger partial charge in [0.15, 0.2) is 0 Å². The molecule has 2 aliphatic rings. The molecule has 3 heteroatoms. The molecular weight excluding hydrogens is 250 g/mol. The molecule has 3 nitrogen and oxygen atoms in total. The van der Waals surface area contributed by atoms with Gasteiger partial charge in [0.2, 0.25) is 0 Å². The van der Waals surface area contributed by atoms with E-state index in [9.17, 15) is 4.79 Å². The first-order valence-corrected chi connectivity index (χ1v) is 7.67. The number of ether oxygens (including phenoxy) is 1. The van der Waals surface area contributed by atoms with Crippen LogP contribution in [0.25, 0.3) is 0 Å². The second kappa shape index (κ2) is 5.21. The Hall–Kier alpha value is -1.35. The van der Waals surface area contributed by atoms with Crippen molar-refractivity contribution < 1.29 is 9.53 Å². The van der Waals surface area contributed by atoms with Gasteiger partial charge in [0.05, 0.1) is 6.61 Å². The topological polar surface area (TPSA) is 52.3 Å². The highest BCUT2D eigenvalue weighted by atomic mass is 16.5. The van der Waals surface area contributed by atoms with Crippen LogP contribution in [0.3, 0.4) is 0 Å². The summed E-state index contributed by atoms with van der Waals surface area (Å²) >= 11 is 0. The lowest BCUT2D eigenvalue weighted by molar-refractivity contribution is -0.122. The van der Waals surface area contributed by atoms with E-state index >= 15 is 0 Å². The Kier molecular flexibility index (Phi) is 3.55. The van der Waals surface area contributed by atoms with Gasteiger partial charge >= 0.3 is 0 Å². The number of nitrogens with two attached hydrogens (primary N) is 1. The zero-order valence-corrected chi connectivity index (χ0v) is 12.2. The summed E-state index contributed by atoms with van der Waals surface area (Å²) in [5, 5.41) is 0. The number of rotatable bonds is 3. The normalized spacial score (nSPS) is 23.9. The molecule has 0 amide bonds.